The maximum Gasteiger partial charge on any atom is 0.307 e. The number of nitrogen functional groups attached to an aromatic ring is 1. The third-order valence-corrected chi connectivity index (χ3v) is 3.01. The minimum atomic E-state index is -0.343. The van der Waals surface area contributed by atoms with Crippen LogP contribution in [0.4, 0.5) is 0 Å². The van der Waals surface area contributed by atoms with Crippen LogP contribution in [0.5, 0.6) is 0 Å². The Bertz CT molecular complexity index is 588. The molecule has 0 spiro atoms. The number of carbonyl (C=O) groups excluding carboxylic acids is 1. The summed E-state index contributed by atoms with van der Waals surface area (Å²) in [6, 6.07) is 7.00. The Morgan fingerprint density at radius 1 is 1.47 bits per heavy atom. The highest BCUT2D eigenvalue weighted by Crippen LogP contribution is 2.06. The number of hydrogen-bond acceptors (Lipinski definition) is 4. The fourth-order valence-electron chi connectivity index (χ4n) is 1.50. The molecule has 0 unspecified atom stereocenters. The van der Waals surface area contributed by atoms with E-state index in [1.807, 2.05) is 6.07 Å². The van der Waals surface area contributed by atoms with Crippen LogP contribution in [0.15, 0.2) is 40.6 Å². The van der Waals surface area contributed by atoms with Gasteiger partial charge in [-0.3, -0.25) is 15.0 Å². The van der Waals surface area contributed by atoms with Crippen molar-refractivity contribution in [2.75, 3.05) is 0 Å². The summed E-state index contributed by atoms with van der Waals surface area (Å²) in [5, 5.41) is 1.73. The molecule has 2 rings (SSSR count). The molecule has 0 aliphatic carbocycles. The zero-order valence-corrected chi connectivity index (χ0v) is 9.74. The molecule has 3 N–H and O–H groups in total. The molecule has 1 amide bonds. The van der Waals surface area contributed by atoms with E-state index < -0.39 is 0 Å². The predicted octanol–water partition coefficient (Wildman–Crippen LogP) is 0.562. The van der Waals surface area contributed by atoms with Crippen molar-refractivity contribution in [1.82, 2.24) is 9.99 Å². The highest BCUT2D eigenvalue weighted by molar-refractivity contribution is 7.07. The number of carbonyl (C=O) groups is 1. The lowest BCUT2D eigenvalue weighted by Crippen LogP contribution is -2.30. The second kappa shape index (κ2) is 4.94. The maximum atomic E-state index is 11.4. The molecule has 1 heterocycles. The molecule has 1 aromatic heterocycles. The summed E-state index contributed by atoms with van der Waals surface area (Å²) >= 11 is 1.15. The monoisotopic (exact) mass is 249 g/mol. The average Bonchev–Trinajstić information content (AvgIpc) is 2.74. The first-order valence-corrected chi connectivity index (χ1v) is 5.82. The summed E-state index contributed by atoms with van der Waals surface area (Å²) in [6.07, 6.45) is 1.72. The molecule has 88 valence electrons. The van der Waals surface area contributed by atoms with E-state index in [-0.39, 0.29) is 10.8 Å². The third-order valence-electron chi connectivity index (χ3n) is 2.32. The summed E-state index contributed by atoms with van der Waals surface area (Å²) in [4.78, 5) is 22.7. The first-order chi connectivity index (χ1) is 8.20. The lowest BCUT2D eigenvalue weighted by Gasteiger charge is -2.04. The molecule has 2 aromatic rings. The molecular formula is C11H11N3O2S. The van der Waals surface area contributed by atoms with E-state index in [2.05, 4.69) is 5.43 Å². The maximum absolute atomic E-state index is 11.4. The SMILES string of the molecule is NNC(=O)c1cccc(Cn2ccsc2=O)c1. The predicted molar refractivity (Wildman–Crippen MR) is 65.8 cm³/mol. The van der Waals surface area contributed by atoms with E-state index in [1.165, 1.54) is 0 Å². The van der Waals surface area contributed by atoms with Crippen LogP contribution in [0.2, 0.25) is 0 Å². The van der Waals surface area contributed by atoms with Gasteiger partial charge in [0.05, 0.1) is 6.54 Å². The van der Waals surface area contributed by atoms with E-state index in [9.17, 15) is 9.59 Å². The van der Waals surface area contributed by atoms with Crippen LogP contribution in [0, 0.1) is 0 Å². The lowest BCUT2D eigenvalue weighted by molar-refractivity contribution is 0.0953. The van der Waals surface area contributed by atoms with Crippen molar-refractivity contribution in [3.63, 3.8) is 0 Å². The second-order valence-electron chi connectivity index (χ2n) is 3.47. The number of thiazole rings is 1. The van der Waals surface area contributed by atoms with Crippen molar-refractivity contribution in [3.05, 3.63) is 56.6 Å². The van der Waals surface area contributed by atoms with Crippen molar-refractivity contribution in [1.29, 1.82) is 0 Å². The number of benzene rings is 1. The Kier molecular flexibility index (Phi) is 3.36. The average molecular weight is 249 g/mol. The first-order valence-electron chi connectivity index (χ1n) is 4.94. The fraction of sp³-hybridized carbons (Fsp3) is 0.0909. The Morgan fingerprint density at radius 2 is 2.29 bits per heavy atom. The van der Waals surface area contributed by atoms with E-state index >= 15 is 0 Å². The minimum absolute atomic E-state index is 0.0151. The molecule has 0 fully saturated rings. The number of nitrogens with two attached hydrogens (primary N) is 1. The van der Waals surface area contributed by atoms with Gasteiger partial charge in [-0.2, -0.15) is 0 Å². The van der Waals surface area contributed by atoms with Gasteiger partial charge in [-0.15, -0.1) is 0 Å². The van der Waals surface area contributed by atoms with Crippen LogP contribution in [0.1, 0.15) is 15.9 Å². The number of amides is 1. The molecule has 1 aromatic carbocycles. The highest BCUT2D eigenvalue weighted by atomic mass is 32.1. The molecule has 0 aliphatic rings. The van der Waals surface area contributed by atoms with Gasteiger partial charge in [0.25, 0.3) is 5.91 Å². The Balaban J connectivity index is 2.25. The summed E-state index contributed by atoms with van der Waals surface area (Å²) in [5.74, 6) is 4.72. The molecule has 0 saturated carbocycles. The number of aromatic nitrogens is 1. The fourth-order valence-corrected chi connectivity index (χ4v) is 2.08. The lowest BCUT2D eigenvalue weighted by atomic mass is 10.1. The van der Waals surface area contributed by atoms with Gasteiger partial charge in [0.2, 0.25) is 0 Å². The number of rotatable bonds is 3. The van der Waals surface area contributed by atoms with Crippen LogP contribution < -0.4 is 16.1 Å². The van der Waals surface area contributed by atoms with E-state index in [0.29, 0.717) is 12.1 Å². The van der Waals surface area contributed by atoms with Crippen molar-refractivity contribution < 1.29 is 4.79 Å². The summed E-state index contributed by atoms with van der Waals surface area (Å²) in [7, 11) is 0. The zero-order valence-electron chi connectivity index (χ0n) is 8.92. The van der Waals surface area contributed by atoms with Gasteiger partial charge < -0.3 is 4.57 Å². The number of nitrogens with one attached hydrogen (secondary N) is 1. The Labute approximate surface area is 101 Å². The van der Waals surface area contributed by atoms with Crippen molar-refractivity contribution in [2.45, 2.75) is 6.54 Å². The highest BCUT2D eigenvalue weighted by Gasteiger charge is 2.05. The zero-order chi connectivity index (χ0) is 12.3. The smallest absolute Gasteiger partial charge is 0.302 e. The minimum Gasteiger partial charge on any atom is -0.302 e. The standard InChI is InChI=1S/C11H11N3O2S/c12-13-10(15)9-3-1-2-8(6-9)7-14-4-5-17-11(14)16/h1-6H,7,12H2,(H,13,15). The molecular weight excluding hydrogens is 238 g/mol. The normalized spacial score (nSPS) is 10.2. The van der Waals surface area contributed by atoms with Gasteiger partial charge in [0.15, 0.2) is 0 Å². The Hall–Kier alpha value is -1.92. The van der Waals surface area contributed by atoms with E-state index in [0.717, 1.165) is 16.9 Å². The van der Waals surface area contributed by atoms with Crippen molar-refractivity contribution in [3.8, 4) is 0 Å². The molecule has 17 heavy (non-hydrogen) atoms. The Morgan fingerprint density at radius 3 is 2.94 bits per heavy atom. The van der Waals surface area contributed by atoms with Gasteiger partial charge in [-0.05, 0) is 17.7 Å². The van der Waals surface area contributed by atoms with Crippen LogP contribution in [0.25, 0.3) is 0 Å². The summed E-state index contributed by atoms with van der Waals surface area (Å²) < 4.78 is 1.59. The van der Waals surface area contributed by atoms with Gasteiger partial charge >= 0.3 is 4.87 Å². The molecule has 0 aliphatic heterocycles. The molecule has 5 nitrogen and oxygen atoms in total. The second-order valence-corrected chi connectivity index (χ2v) is 4.33. The third kappa shape index (κ3) is 2.61. The van der Waals surface area contributed by atoms with Crippen molar-refractivity contribution in [2.24, 2.45) is 5.84 Å². The van der Waals surface area contributed by atoms with Crippen LogP contribution in [-0.4, -0.2) is 10.5 Å². The van der Waals surface area contributed by atoms with Gasteiger partial charge in [-0.1, -0.05) is 23.5 Å². The number of hydrazine groups is 1. The first kappa shape index (κ1) is 11.6. The molecule has 6 heteroatoms. The van der Waals surface area contributed by atoms with E-state index in [4.69, 9.17) is 5.84 Å². The summed E-state index contributed by atoms with van der Waals surface area (Å²) in [6.45, 7) is 0.452. The topological polar surface area (TPSA) is 77.1 Å². The molecule has 0 saturated heterocycles. The van der Waals surface area contributed by atoms with E-state index in [1.54, 1.807) is 34.3 Å². The van der Waals surface area contributed by atoms with Crippen LogP contribution in [0.3, 0.4) is 0 Å². The van der Waals surface area contributed by atoms with Gasteiger partial charge in [-0.25, -0.2) is 5.84 Å². The molecule has 0 radical (unpaired) electrons. The largest absolute Gasteiger partial charge is 0.307 e. The van der Waals surface area contributed by atoms with Crippen LogP contribution >= 0.6 is 11.3 Å². The quantitative estimate of drug-likeness (QED) is 0.474. The van der Waals surface area contributed by atoms with Crippen LogP contribution in [-0.2, 0) is 6.54 Å². The van der Waals surface area contributed by atoms with Crippen molar-refractivity contribution >= 4 is 17.2 Å². The number of hydrogen-bond donors (Lipinski definition) is 2. The van der Waals surface area contributed by atoms with Gasteiger partial charge in [0.1, 0.15) is 0 Å². The number of nitrogens with zero attached hydrogens (tertiary/aromatic N) is 1. The molecule has 0 atom stereocenters. The summed E-state index contributed by atoms with van der Waals surface area (Å²) in [5.41, 5.74) is 3.43. The molecule has 0 bridgehead atoms. The van der Waals surface area contributed by atoms with Gasteiger partial charge in [0, 0.05) is 17.1 Å².